The second kappa shape index (κ2) is 7.25. The fourth-order valence-electron chi connectivity index (χ4n) is 1.96. The zero-order chi connectivity index (χ0) is 16.8. The van der Waals surface area contributed by atoms with Crippen LogP contribution >= 0.6 is 0 Å². The second-order valence-corrected chi connectivity index (χ2v) is 4.81. The van der Waals surface area contributed by atoms with E-state index < -0.39 is 4.92 Å². The number of nitrogens with two attached hydrogens (primary N) is 1. The number of benzene rings is 1. The first-order valence-electron chi connectivity index (χ1n) is 6.82. The number of ether oxygens (including phenoxy) is 1. The van der Waals surface area contributed by atoms with Crippen LogP contribution < -0.4 is 10.5 Å². The number of amidine groups is 1. The Balaban J connectivity index is 2.00. The molecule has 122 valence electrons. The highest BCUT2D eigenvalue weighted by molar-refractivity contribution is 5.97. The van der Waals surface area contributed by atoms with E-state index in [4.69, 9.17) is 20.2 Å². The summed E-state index contributed by atoms with van der Waals surface area (Å²) in [7, 11) is 0. The molecule has 0 fully saturated rings. The molecule has 1 heterocycles. The summed E-state index contributed by atoms with van der Waals surface area (Å²) in [5.74, 6) is 0.654. The summed E-state index contributed by atoms with van der Waals surface area (Å²) in [6.07, 6.45) is 1.24. The lowest BCUT2D eigenvalue weighted by atomic mass is 10.1. The van der Waals surface area contributed by atoms with Gasteiger partial charge in [0.25, 0.3) is 0 Å². The van der Waals surface area contributed by atoms with E-state index >= 15 is 0 Å². The monoisotopic (exact) mass is 320 g/mol. The van der Waals surface area contributed by atoms with Gasteiger partial charge in [0.15, 0.2) is 11.6 Å². The standard InChI is InChI=1S/C14H16N4O5/c1-9-7-11(23-17-9)3-2-6-22-13-5-4-10(14(15)16-19)8-12(13)18(20)21/h4-5,7-8,19H,2-3,6H2,1H3,(H2,15,16). The van der Waals surface area contributed by atoms with Crippen molar-refractivity contribution in [1.29, 1.82) is 0 Å². The van der Waals surface area contributed by atoms with E-state index in [-0.39, 0.29) is 29.4 Å². The van der Waals surface area contributed by atoms with Gasteiger partial charge in [-0.15, -0.1) is 0 Å². The SMILES string of the molecule is Cc1cc(CCCOc2ccc(C(N)=NO)cc2[N+](=O)[O-])on1. The normalized spacial score (nSPS) is 11.4. The molecule has 1 aromatic carbocycles. The lowest BCUT2D eigenvalue weighted by Gasteiger charge is -2.07. The van der Waals surface area contributed by atoms with Gasteiger partial charge in [-0.1, -0.05) is 10.3 Å². The molecule has 0 saturated carbocycles. The third-order valence-corrected chi connectivity index (χ3v) is 3.06. The molecule has 0 bridgehead atoms. The van der Waals surface area contributed by atoms with E-state index in [1.165, 1.54) is 18.2 Å². The number of rotatable bonds is 7. The maximum absolute atomic E-state index is 11.1. The van der Waals surface area contributed by atoms with E-state index in [9.17, 15) is 10.1 Å². The zero-order valence-corrected chi connectivity index (χ0v) is 12.4. The third kappa shape index (κ3) is 4.19. The average molecular weight is 320 g/mol. The maximum atomic E-state index is 11.1. The van der Waals surface area contributed by atoms with Crippen LogP contribution in [0.4, 0.5) is 5.69 Å². The number of aromatic nitrogens is 1. The zero-order valence-electron chi connectivity index (χ0n) is 12.4. The van der Waals surface area contributed by atoms with Gasteiger partial charge in [0.2, 0.25) is 0 Å². The molecular weight excluding hydrogens is 304 g/mol. The molecule has 1 aromatic heterocycles. The van der Waals surface area contributed by atoms with Gasteiger partial charge < -0.3 is 20.2 Å². The summed E-state index contributed by atoms with van der Waals surface area (Å²) in [6.45, 7) is 2.11. The van der Waals surface area contributed by atoms with Crippen LogP contribution in [-0.2, 0) is 6.42 Å². The predicted octanol–water partition coefficient (Wildman–Crippen LogP) is 2.00. The van der Waals surface area contributed by atoms with Gasteiger partial charge in [-0.25, -0.2) is 0 Å². The summed E-state index contributed by atoms with van der Waals surface area (Å²) >= 11 is 0. The van der Waals surface area contributed by atoms with E-state index in [2.05, 4.69) is 10.3 Å². The molecule has 2 rings (SSSR count). The number of hydrogen-bond acceptors (Lipinski definition) is 7. The molecule has 23 heavy (non-hydrogen) atoms. The highest BCUT2D eigenvalue weighted by Gasteiger charge is 2.17. The van der Waals surface area contributed by atoms with Crippen molar-refractivity contribution in [2.45, 2.75) is 19.8 Å². The molecule has 0 aliphatic heterocycles. The number of hydrogen-bond donors (Lipinski definition) is 2. The largest absolute Gasteiger partial charge is 0.487 e. The molecule has 0 unspecified atom stereocenters. The summed E-state index contributed by atoms with van der Waals surface area (Å²) in [4.78, 5) is 10.5. The van der Waals surface area contributed by atoms with E-state index in [1.54, 1.807) is 0 Å². The third-order valence-electron chi connectivity index (χ3n) is 3.06. The molecule has 0 radical (unpaired) electrons. The minimum atomic E-state index is -0.580. The van der Waals surface area contributed by atoms with Crippen molar-refractivity contribution >= 4 is 11.5 Å². The maximum Gasteiger partial charge on any atom is 0.311 e. The Morgan fingerprint density at radius 2 is 2.30 bits per heavy atom. The Labute approximate surface area is 131 Å². The molecule has 3 N–H and O–H groups in total. The van der Waals surface area contributed by atoms with Crippen LogP contribution in [0.15, 0.2) is 33.9 Å². The van der Waals surface area contributed by atoms with Crippen molar-refractivity contribution in [2.24, 2.45) is 10.9 Å². The van der Waals surface area contributed by atoms with Gasteiger partial charge in [-0.3, -0.25) is 10.1 Å². The molecule has 0 saturated heterocycles. The number of aryl methyl sites for hydroxylation is 2. The van der Waals surface area contributed by atoms with Gasteiger partial charge in [0.1, 0.15) is 5.76 Å². The lowest BCUT2D eigenvalue weighted by Crippen LogP contribution is -2.13. The van der Waals surface area contributed by atoms with E-state index in [0.717, 1.165) is 11.5 Å². The van der Waals surface area contributed by atoms with Crippen molar-refractivity contribution in [1.82, 2.24) is 5.16 Å². The number of nitrogens with zero attached hydrogens (tertiary/aromatic N) is 3. The molecular formula is C14H16N4O5. The quantitative estimate of drug-likeness (QED) is 0.199. The van der Waals surface area contributed by atoms with E-state index in [0.29, 0.717) is 12.8 Å². The highest BCUT2D eigenvalue weighted by Crippen LogP contribution is 2.28. The summed E-state index contributed by atoms with van der Waals surface area (Å²) < 4.78 is 10.5. The first kappa shape index (κ1) is 16.3. The Hall–Kier alpha value is -3.10. The van der Waals surface area contributed by atoms with Crippen LogP contribution in [0, 0.1) is 17.0 Å². The summed E-state index contributed by atoms with van der Waals surface area (Å²) in [6, 6.07) is 5.93. The number of nitro groups is 1. The molecule has 0 aliphatic rings. The van der Waals surface area contributed by atoms with Gasteiger partial charge >= 0.3 is 5.69 Å². The van der Waals surface area contributed by atoms with Gasteiger partial charge in [-0.05, 0) is 25.5 Å². The van der Waals surface area contributed by atoms with Crippen LogP contribution in [0.5, 0.6) is 5.75 Å². The molecule has 0 spiro atoms. The number of nitro benzene ring substituents is 1. The molecule has 0 aliphatic carbocycles. The van der Waals surface area contributed by atoms with Crippen molar-refractivity contribution in [3.05, 3.63) is 51.4 Å². The lowest BCUT2D eigenvalue weighted by molar-refractivity contribution is -0.385. The smallest absolute Gasteiger partial charge is 0.311 e. The first-order valence-corrected chi connectivity index (χ1v) is 6.82. The summed E-state index contributed by atoms with van der Waals surface area (Å²) in [5, 5.41) is 26.3. The van der Waals surface area contributed by atoms with Crippen molar-refractivity contribution < 1.29 is 19.4 Å². The van der Waals surface area contributed by atoms with Crippen molar-refractivity contribution in [3.63, 3.8) is 0 Å². The van der Waals surface area contributed by atoms with Gasteiger partial charge in [0.05, 0.1) is 17.2 Å². The Morgan fingerprint density at radius 3 is 2.91 bits per heavy atom. The second-order valence-electron chi connectivity index (χ2n) is 4.81. The van der Waals surface area contributed by atoms with Crippen molar-refractivity contribution in [3.8, 4) is 5.75 Å². The minimum absolute atomic E-state index is 0.123. The molecule has 9 nitrogen and oxygen atoms in total. The fourth-order valence-corrected chi connectivity index (χ4v) is 1.96. The average Bonchev–Trinajstić information content (AvgIpc) is 2.96. The first-order chi connectivity index (χ1) is 11.0. The topological polar surface area (TPSA) is 137 Å². The molecule has 0 amide bonds. The van der Waals surface area contributed by atoms with Crippen LogP contribution in [0.25, 0.3) is 0 Å². The Kier molecular flexibility index (Phi) is 5.13. The molecule has 2 aromatic rings. The molecule has 0 atom stereocenters. The minimum Gasteiger partial charge on any atom is -0.487 e. The van der Waals surface area contributed by atoms with Crippen LogP contribution in [0.3, 0.4) is 0 Å². The Bertz CT molecular complexity index is 726. The molecule has 9 heteroatoms. The highest BCUT2D eigenvalue weighted by atomic mass is 16.6. The Morgan fingerprint density at radius 1 is 1.52 bits per heavy atom. The number of oxime groups is 1. The van der Waals surface area contributed by atoms with E-state index in [1.807, 2.05) is 13.0 Å². The van der Waals surface area contributed by atoms with Crippen LogP contribution in [-0.4, -0.2) is 27.7 Å². The van der Waals surface area contributed by atoms with Gasteiger partial charge in [-0.2, -0.15) is 0 Å². The fraction of sp³-hybridized carbons (Fsp3) is 0.286. The predicted molar refractivity (Wildman–Crippen MR) is 80.7 cm³/mol. The van der Waals surface area contributed by atoms with Crippen LogP contribution in [0.2, 0.25) is 0 Å². The van der Waals surface area contributed by atoms with Crippen LogP contribution in [0.1, 0.15) is 23.4 Å². The summed E-state index contributed by atoms with van der Waals surface area (Å²) in [5.41, 5.74) is 6.22. The van der Waals surface area contributed by atoms with Crippen molar-refractivity contribution in [2.75, 3.05) is 6.61 Å². The van der Waals surface area contributed by atoms with Gasteiger partial charge in [0, 0.05) is 24.1 Å².